The lowest BCUT2D eigenvalue weighted by molar-refractivity contribution is -0.149. The normalized spacial score (nSPS) is 25.7. The average molecular weight is 1280 g/mol. The third-order valence-electron chi connectivity index (χ3n) is 18.2. The molecule has 3 aliphatic rings. The first-order chi connectivity index (χ1) is 41.9. The zero-order valence-electron chi connectivity index (χ0n) is 55.7. The monoisotopic (exact) mass is 1280 g/mol. The number of alkyl halides is 3. The van der Waals surface area contributed by atoms with Gasteiger partial charge in [0.05, 0.1) is 25.2 Å². The van der Waals surface area contributed by atoms with Crippen LogP contribution in [0.1, 0.15) is 163 Å². The molecule has 0 spiro atoms. The number of fused-ring (bicyclic) bond motifs is 1. The lowest BCUT2D eigenvalue weighted by atomic mass is 9.84. The topological polar surface area (TPSA) is 259 Å². The zero-order chi connectivity index (χ0) is 67.9. The minimum absolute atomic E-state index is 0.00121. The van der Waals surface area contributed by atoms with Crippen molar-refractivity contribution in [1.82, 2.24) is 55.6 Å². The van der Waals surface area contributed by atoms with Gasteiger partial charge in [0.25, 0.3) is 0 Å². The highest BCUT2D eigenvalue weighted by Gasteiger charge is 2.44. The van der Waals surface area contributed by atoms with Crippen molar-refractivity contribution in [1.29, 1.82) is 0 Å². The van der Waals surface area contributed by atoms with Crippen molar-refractivity contribution in [2.24, 2.45) is 23.7 Å². The standard InChI is InChI=1S/C64H101F4N11O11/c1-16-40(6)55-61(89)75(12)36-53(82)73(10)37-54(83)77(14)50(34-42-22-18-17-19-23-42)60(88)74(11)35-51(80)69-46(28-26-43-25-27-44(45(65)33-43)64(66,67)68)56(84)70-48(31-39(4)5)59(87)78(15)63(8,9)62(90)71-47(30-38(2)3)58(86)76(13)41(7)32-52(81)79-29-21-20-24-49(79)57(85)72-55/h25,27,33,38-42,46-50,55H,16-24,26,28-32,34-37H2,1-15H3,(H,69,80)(H,70,84)(H,71,90)(H,72,85)/t40-,41+,46-,47-,48-,49-,50-,55-/m0/s1. The molecule has 4 rings (SSSR count). The number of carbonyl (C=O) groups is 11. The van der Waals surface area contributed by atoms with Crippen molar-refractivity contribution in [3.05, 3.63) is 35.1 Å². The summed E-state index contributed by atoms with van der Waals surface area (Å²) < 4.78 is 55.7. The second-order valence-electron chi connectivity index (χ2n) is 26.6. The van der Waals surface area contributed by atoms with Gasteiger partial charge in [-0.05, 0) is 114 Å². The van der Waals surface area contributed by atoms with Crippen LogP contribution in [0.15, 0.2) is 18.2 Å². The third kappa shape index (κ3) is 20.8. The minimum Gasteiger partial charge on any atom is -0.343 e. The molecular formula is C64H101F4N11O11. The molecule has 3 fully saturated rings. The maximum absolute atomic E-state index is 14.9. The Morgan fingerprint density at radius 3 is 1.78 bits per heavy atom. The quantitative estimate of drug-likeness (QED) is 0.217. The molecule has 1 aliphatic carbocycles. The molecular weight excluding hydrogens is 1170 g/mol. The summed E-state index contributed by atoms with van der Waals surface area (Å²) in [7, 11) is 8.36. The lowest BCUT2D eigenvalue weighted by Gasteiger charge is -2.39. The average Bonchev–Trinajstić information content (AvgIpc) is 0.953. The van der Waals surface area contributed by atoms with Crippen LogP contribution in [-0.2, 0) is 65.3 Å². The fourth-order valence-electron chi connectivity index (χ4n) is 11.7. The van der Waals surface area contributed by atoms with Crippen LogP contribution in [0.2, 0.25) is 0 Å². The highest BCUT2D eigenvalue weighted by atomic mass is 19.4. The number of piperidine rings is 1. The maximum atomic E-state index is 14.9. The summed E-state index contributed by atoms with van der Waals surface area (Å²) in [5.41, 5.74) is -3.18. The zero-order valence-corrected chi connectivity index (χ0v) is 55.7. The number of benzene rings is 1. The Morgan fingerprint density at radius 2 is 1.20 bits per heavy atom. The first-order valence-electron chi connectivity index (χ1n) is 31.8. The molecule has 1 saturated carbocycles. The van der Waals surface area contributed by atoms with E-state index in [-0.39, 0.29) is 68.4 Å². The molecule has 0 radical (unpaired) electrons. The van der Waals surface area contributed by atoms with Crippen LogP contribution in [-0.4, -0.2) is 216 Å². The number of likely N-dealkylation sites (N-methyl/N-ethyl adjacent to an activating group) is 6. The van der Waals surface area contributed by atoms with Gasteiger partial charge in [0.2, 0.25) is 65.0 Å². The molecule has 1 aromatic rings. The van der Waals surface area contributed by atoms with E-state index in [9.17, 15) is 70.3 Å². The highest BCUT2D eigenvalue weighted by Crippen LogP contribution is 2.33. The fourth-order valence-corrected chi connectivity index (χ4v) is 11.7. The second kappa shape index (κ2) is 33.4. The molecule has 2 saturated heterocycles. The van der Waals surface area contributed by atoms with Gasteiger partial charge in [-0.1, -0.05) is 86.1 Å². The number of hydrogen-bond acceptors (Lipinski definition) is 11. The molecule has 506 valence electrons. The number of amides is 11. The lowest BCUT2D eigenvalue weighted by Crippen LogP contribution is -2.63. The summed E-state index contributed by atoms with van der Waals surface area (Å²) >= 11 is 0. The summed E-state index contributed by atoms with van der Waals surface area (Å²) in [5, 5.41) is 11.1. The molecule has 8 atom stereocenters. The smallest absolute Gasteiger partial charge is 0.343 e. The third-order valence-corrected chi connectivity index (χ3v) is 18.2. The van der Waals surface area contributed by atoms with Crippen LogP contribution in [0.25, 0.3) is 0 Å². The molecule has 0 bridgehead atoms. The van der Waals surface area contributed by atoms with Crippen molar-refractivity contribution >= 4 is 65.0 Å². The van der Waals surface area contributed by atoms with Crippen molar-refractivity contribution in [3.8, 4) is 0 Å². The van der Waals surface area contributed by atoms with E-state index in [0.29, 0.717) is 37.8 Å². The Morgan fingerprint density at radius 1 is 0.622 bits per heavy atom. The van der Waals surface area contributed by atoms with Gasteiger partial charge in [-0.15, -0.1) is 0 Å². The van der Waals surface area contributed by atoms with Crippen LogP contribution in [0, 0.1) is 29.5 Å². The molecule has 0 aromatic heterocycles. The Hall–Kier alpha value is -6.89. The molecule has 0 unspecified atom stereocenters. The largest absolute Gasteiger partial charge is 0.419 e. The van der Waals surface area contributed by atoms with Crippen molar-refractivity contribution in [2.75, 3.05) is 68.5 Å². The summed E-state index contributed by atoms with van der Waals surface area (Å²) in [6, 6.07) is -5.78. The van der Waals surface area contributed by atoms with Gasteiger partial charge in [0, 0.05) is 61.3 Å². The van der Waals surface area contributed by atoms with E-state index in [1.807, 2.05) is 20.8 Å². The van der Waals surface area contributed by atoms with Gasteiger partial charge in [-0.2, -0.15) is 13.2 Å². The fraction of sp³-hybridized carbons (Fsp3) is 0.734. The predicted molar refractivity (Wildman–Crippen MR) is 330 cm³/mol. The van der Waals surface area contributed by atoms with Gasteiger partial charge in [-0.3, -0.25) is 52.7 Å². The summed E-state index contributed by atoms with van der Waals surface area (Å²) in [6.07, 6.45) is 0.779. The summed E-state index contributed by atoms with van der Waals surface area (Å²) in [6.45, 7) is 14.0. The van der Waals surface area contributed by atoms with Crippen LogP contribution in [0.3, 0.4) is 0 Å². The minimum atomic E-state index is -5.00. The van der Waals surface area contributed by atoms with Crippen molar-refractivity contribution in [3.63, 3.8) is 0 Å². The molecule has 1 aromatic carbocycles. The van der Waals surface area contributed by atoms with Crippen LogP contribution in [0.4, 0.5) is 17.6 Å². The van der Waals surface area contributed by atoms with E-state index >= 15 is 0 Å². The van der Waals surface area contributed by atoms with E-state index in [1.165, 1.54) is 70.8 Å². The number of halogens is 4. The van der Waals surface area contributed by atoms with Gasteiger partial charge < -0.3 is 55.6 Å². The highest BCUT2D eigenvalue weighted by molar-refractivity contribution is 5.99. The van der Waals surface area contributed by atoms with Gasteiger partial charge >= 0.3 is 6.18 Å². The molecule has 26 heteroatoms. The SMILES string of the molecule is CC[C@H](C)[C@@H]1NC(=O)[C@@H]2CCCCN2C(=O)C[C@@H](C)N(C)C(=O)[C@H](CC(C)C)NC(=O)C(C)(C)N(C)C(=O)[C@H](CC(C)C)NC(=O)[C@H](CCc2ccc(C(F)(F)F)c(F)c2)NC(=O)CN(C)C(=O)[C@H](CC2CCCCC2)N(C)C(=O)CN(C)C(=O)CN(C)C1=O. The number of hydrogen-bond donors (Lipinski definition) is 4. The van der Waals surface area contributed by atoms with E-state index in [4.69, 9.17) is 0 Å². The summed E-state index contributed by atoms with van der Waals surface area (Å²) in [4.78, 5) is 167. The summed E-state index contributed by atoms with van der Waals surface area (Å²) in [5.74, 6) is -9.75. The molecule has 2 heterocycles. The first kappa shape index (κ1) is 75.6. The van der Waals surface area contributed by atoms with Crippen LogP contribution < -0.4 is 21.3 Å². The number of carbonyl (C=O) groups excluding carboxylic acids is 11. The number of aryl methyl sites for hydroxylation is 1. The van der Waals surface area contributed by atoms with E-state index in [1.54, 1.807) is 27.7 Å². The van der Waals surface area contributed by atoms with E-state index < -0.39 is 156 Å². The number of nitrogens with one attached hydrogen (secondary N) is 4. The predicted octanol–water partition coefficient (Wildman–Crippen LogP) is 4.90. The molecule has 2 aliphatic heterocycles. The molecule has 22 nitrogen and oxygen atoms in total. The van der Waals surface area contributed by atoms with Gasteiger partial charge in [-0.25, -0.2) is 4.39 Å². The second-order valence-corrected chi connectivity index (χ2v) is 26.6. The van der Waals surface area contributed by atoms with E-state index in [2.05, 4.69) is 21.3 Å². The van der Waals surface area contributed by atoms with Crippen LogP contribution >= 0.6 is 0 Å². The van der Waals surface area contributed by atoms with Gasteiger partial charge in [0.1, 0.15) is 47.6 Å². The number of rotatable bonds is 11. The van der Waals surface area contributed by atoms with Crippen LogP contribution in [0.5, 0.6) is 0 Å². The Kier molecular flexibility index (Phi) is 28.1. The Balaban J connectivity index is 1.80. The van der Waals surface area contributed by atoms with Gasteiger partial charge in [0.15, 0.2) is 0 Å². The van der Waals surface area contributed by atoms with Crippen molar-refractivity contribution < 1.29 is 70.3 Å². The van der Waals surface area contributed by atoms with Crippen molar-refractivity contribution in [2.45, 2.75) is 213 Å². The molecule has 11 amide bonds. The first-order valence-corrected chi connectivity index (χ1v) is 31.8. The maximum Gasteiger partial charge on any atom is 0.419 e. The molecule has 90 heavy (non-hydrogen) atoms. The molecule has 4 N–H and O–H groups in total. The Labute approximate surface area is 529 Å². The number of nitrogens with zero attached hydrogens (tertiary/aromatic N) is 7. The van der Waals surface area contributed by atoms with E-state index in [0.717, 1.165) is 57.8 Å². The Bertz CT molecular complexity index is 2720.